The van der Waals surface area contributed by atoms with E-state index in [-0.39, 0.29) is 17.7 Å². The molecule has 0 bridgehead atoms. The molecule has 0 aromatic heterocycles. The third kappa shape index (κ3) is 9.79. The number of carbonyl (C=O) groups excluding carboxylic acids is 1. The van der Waals surface area contributed by atoms with Gasteiger partial charge < -0.3 is 19.9 Å². The maximum absolute atomic E-state index is 13.1. The molecular formula is C30H31ClF3NO5. The van der Waals surface area contributed by atoms with Crippen molar-refractivity contribution < 1.29 is 37.3 Å². The molecule has 0 aliphatic rings. The van der Waals surface area contributed by atoms with E-state index in [9.17, 15) is 27.9 Å². The first-order valence-corrected chi connectivity index (χ1v) is 13.3. The number of unbranched alkanes of at least 4 members (excludes halogenated alkanes) is 4. The minimum Gasteiger partial charge on any atom is -0.493 e. The van der Waals surface area contributed by atoms with Crippen LogP contribution in [-0.4, -0.2) is 36.0 Å². The summed E-state index contributed by atoms with van der Waals surface area (Å²) >= 11 is 6.10. The van der Waals surface area contributed by atoms with E-state index >= 15 is 0 Å². The van der Waals surface area contributed by atoms with Crippen molar-refractivity contribution in [1.82, 2.24) is 5.32 Å². The van der Waals surface area contributed by atoms with Crippen molar-refractivity contribution in [1.29, 1.82) is 0 Å². The first kappa shape index (κ1) is 30.8. The summed E-state index contributed by atoms with van der Waals surface area (Å²) in [6.07, 6.45) is 0.487. The summed E-state index contributed by atoms with van der Waals surface area (Å²) in [6, 6.07) is 15.7. The summed E-state index contributed by atoms with van der Waals surface area (Å²) in [7, 11) is 0. The van der Waals surface area contributed by atoms with Crippen molar-refractivity contribution in [2.75, 3.05) is 6.61 Å². The summed E-state index contributed by atoms with van der Waals surface area (Å²) in [5, 5.41) is 12.6. The van der Waals surface area contributed by atoms with Gasteiger partial charge in [-0.1, -0.05) is 80.6 Å². The normalized spacial score (nSPS) is 12.0. The van der Waals surface area contributed by atoms with Crippen LogP contribution in [0.1, 0.15) is 54.9 Å². The fraction of sp³-hybridized carbons (Fsp3) is 0.333. The molecule has 2 N–H and O–H groups in total. The summed E-state index contributed by atoms with van der Waals surface area (Å²) < 4.78 is 46.8. The second kappa shape index (κ2) is 14.6. The molecular weight excluding hydrogens is 547 g/mol. The molecule has 40 heavy (non-hydrogen) atoms. The van der Waals surface area contributed by atoms with Crippen LogP contribution in [0.15, 0.2) is 66.7 Å². The average Bonchev–Trinajstić information content (AvgIpc) is 2.91. The standard InChI is InChI=1S/C30H31ClF3NO5/c1-2-3-4-5-6-17-39-27-16-13-23(31)19-25(27)28(36)35-26(29(37)38)18-20-7-9-21(10-8-20)22-11-14-24(15-12-22)40-30(32,33)34/h7-16,19,26H,2-6,17-18H2,1H3,(H,35,36)(H,37,38). The number of ether oxygens (including phenoxy) is 2. The fourth-order valence-corrected chi connectivity index (χ4v) is 4.22. The molecule has 1 unspecified atom stereocenters. The minimum absolute atomic E-state index is 0.00784. The van der Waals surface area contributed by atoms with E-state index in [1.54, 1.807) is 36.4 Å². The van der Waals surface area contributed by atoms with Crippen LogP contribution in [0.3, 0.4) is 0 Å². The lowest BCUT2D eigenvalue weighted by molar-refractivity contribution is -0.274. The highest BCUT2D eigenvalue weighted by Crippen LogP contribution is 2.27. The van der Waals surface area contributed by atoms with Crippen molar-refractivity contribution in [2.45, 2.75) is 57.9 Å². The number of nitrogens with one attached hydrogen (secondary N) is 1. The van der Waals surface area contributed by atoms with Crippen molar-refractivity contribution in [3.8, 4) is 22.6 Å². The van der Waals surface area contributed by atoms with Crippen LogP contribution in [0.25, 0.3) is 11.1 Å². The molecule has 0 aliphatic heterocycles. The number of carboxylic acid groups (broad SMARTS) is 1. The Balaban J connectivity index is 1.64. The Bertz CT molecular complexity index is 1260. The first-order chi connectivity index (χ1) is 19.1. The lowest BCUT2D eigenvalue weighted by Crippen LogP contribution is -2.42. The number of hydrogen-bond donors (Lipinski definition) is 2. The SMILES string of the molecule is CCCCCCCOc1ccc(Cl)cc1C(=O)NC(Cc1ccc(-c2ccc(OC(F)(F)F)cc2)cc1)C(=O)O. The zero-order chi connectivity index (χ0) is 29.1. The number of rotatable bonds is 14. The monoisotopic (exact) mass is 577 g/mol. The highest BCUT2D eigenvalue weighted by molar-refractivity contribution is 6.31. The largest absolute Gasteiger partial charge is 0.573 e. The summed E-state index contributed by atoms with van der Waals surface area (Å²) in [6.45, 7) is 2.57. The van der Waals surface area contributed by atoms with E-state index in [1.807, 2.05) is 0 Å². The van der Waals surface area contributed by atoms with Gasteiger partial charge >= 0.3 is 12.3 Å². The summed E-state index contributed by atoms with van der Waals surface area (Å²) in [4.78, 5) is 25.0. The fourth-order valence-electron chi connectivity index (χ4n) is 4.05. The van der Waals surface area contributed by atoms with Gasteiger partial charge in [-0.05, 0) is 53.4 Å². The lowest BCUT2D eigenvalue weighted by Gasteiger charge is -2.17. The number of hydrogen-bond acceptors (Lipinski definition) is 4. The van der Waals surface area contributed by atoms with Crippen LogP contribution >= 0.6 is 11.6 Å². The number of carboxylic acids is 1. The molecule has 1 amide bonds. The van der Waals surface area contributed by atoms with E-state index in [0.717, 1.165) is 32.1 Å². The maximum Gasteiger partial charge on any atom is 0.573 e. The zero-order valence-electron chi connectivity index (χ0n) is 22.0. The molecule has 6 nitrogen and oxygen atoms in total. The van der Waals surface area contributed by atoms with Gasteiger partial charge in [0.25, 0.3) is 5.91 Å². The molecule has 3 aromatic carbocycles. The average molecular weight is 578 g/mol. The predicted octanol–water partition coefficient (Wildman–Crippen LogP) is 7.68. The molecule has 0 fully saturated rings. The molecule has 0 saturated carbocycles. The van der Waals surface area contributed by atoms with Gasteiger partial charge in [-0.15, -0.1) is 13.2 Å². The molecule has 0 heterocycles. The zero-order valence-corrected chi connectivity index (χ0v) is 22.7. The van der Waals surface area contributed by atoms with Gasteiger partial charge in [-0.25, -0.2) is 4.79 Å². The van der Waals surface area contributed by atoms with Gasteiger partial charge in [0.05, 0.1) is 12.2 Å². The molecule has 0 spiro atoms. The smallest absolute Gasteiger partial charge is 0.493 e. The van der Waals surface area contributed by atoms with Gasteiger partial charge in [0.1, 0.15) is 17.5 Å². The molecule has 0 radical (unpaired) electrons. The van der Waals surface area contributed by atoms with Gasteiger partial charge in [0.2, 0.25) is 0 Å². The number of amides is 1. The minimum atomic E-state index is -4.77. The number of aliphatic carboxylic acids is 1. The van der Waals surface area contributed by atoms with Crippen molar-refractivity contribution in [3.63, 3.8) is 0 Å². The van der Waals surface area contributed by atoms with Crippen molar-refractivity contribution in [2.24, 2.45) is 0 Å². The van der Waals surface area contributed by atoms with Gasteiger partial charge in [-0.3, -0.25) is 4.79 Å². The third-order valence-corrected chi connectivity index (χ3v) is 6.35. The Morgan fingerprint density at radius 3 is 2.15 bits per heavy atom. The van der Waals surface area contributed by atoms with Crippen LogP contribution in [0, 0.1) is 0 Å². The highest BCUT2D eigenvalue weighted by atomic mass is 35.5. The predicted molar refractivity (Wildman–Crippen MR) is 147 cm³/mol. The molecule has 1 atom stereocenters. The van der Waals surface area contributed by atoms with E-state index in [1.165, 1.54) is 30.3 Å². The summed E-state index contributed by atoms with van der Waals surface area (Å²) in [5.41, 5.74) is 2.17. The van der Waals surface area contributed by atoms with Crippen LogP contribution in [0.2, 0.25) is 5.02 Å². The van der Waals surface area contributed by atoms with E-state index in [4.69, 9.17) is 16.3 Å². The Labute approximate surface area is 236 Å². The molecule has 3 aromatic rings. The molecule has 0 aliphatic carbocycles. The maximum atomic E-state index is 13.1. The molecule has 214 valence electrons. The quantitative estimate of drug-likeness (QED) is 0.192. The van der Waals surface area contributed by atoms with Crippen LogP contribution in [0.4, 0.5) is 13.2 Å². The second-order valence-corrected chi connectivity index (χ2v) is 9.68. The first-order valence-electron chi connectivity index (χ1n) is 13.0. The Morgan fingerprint density at radius 2 is 1.55 bits per heavy atom. The van der Waals surface area contributed by atoms with Crippen LogP contribution in [-0.2, 0) is 11.2 Å². The summed E-state index contributed by atoms with van der Waals surface area (Å²) in [5.74, 6) is -1.82. The van der Waals surface area contributed by atoms with Gasteiger partial charge in [-0.2, -0.15) is 0 Å². The third-order valence-electron chi connectivity index (χ3n) is 6.11. The Hall–Kier alpha value is -3.72. The second-order valence-electron chi connectivity index (χ2n) is 9.24. The van der Waals surface area contributed by atoms with Crippen molar-refractivity contribution in [3.05, 3.63) is 82.9 Å². The molecule has 3 rings (SSSR count). The van der Waals surface area contributed by atoms with E-state index < -0.39 is 24.3 Å². The van der Waals surface area contributed by atoms with Crippen LogP contribution in [0.5, 0.6) is 11.5 Å². The highest BCUT2D eigenvalue weighted by Gasteiger charge is 2.31. The molecule has 10 heteroatoms. The number of halogens is 4. The van der Waals surface area contributed by atoms with Crippen LogP contribution < -0.4 is 14.8 Å². The Kier molecular flexibility index (Phi) is 11.3. The topological polar surface area (TPSA) is 84.9 Å². The van der Waals surface area contributed by atoms with E-state index in [0.29, 0.717) is 34.1 Å². The van der Waals surface area contributed by atoms with Gasteiger partial charge in [0, 0.05) is 11.4 Å². The lowest BCUT2D eigenvalue weighted by atomic mass is 10.0. The number of alkyl halides is 3. The van der Waals surface area contributed by atoms with E-state index in [2.05, 4.69) is 17.0 Å². The van der Waals surface area contributed by atoms with Crippen molar-refractivity contribution >= 4 is 23.5 Å². The Morgan fingerprint density at radius 1 is 0.925 bits per heavy atom. The molecule has 0 saturated heterocycles. The number of carbonyl (C=O) groups is 2. The van der Waals surface area contributed by atoms with Gasteiger partial charge in [0.15, 0.2) is 0 Å². The number of benzene rings is 3.